The number of hydrogen-bond acceptors (Lipinski definition) is 4. The molecule has 146 valence electrons. The predicted molar refractivity (Wildman–Crippen MR) is 110 cm³/mol. The minimum absolute atomic E-state index is 0.507. The Morgan fingerprint density at radius 1 is 1.11 bits per heavy atom. The first kappa shape index (κ1) is 20.8. The third-order valence-electron chi connectivity index (χ3n) is 3.79. The van der Waals surface area contributed by atoms with E-state index in [0.717, 1.165) is 48.1 Å². The minimum Gasteiger partial charge on any atom is -0.493 e. The monoisotopic (exact) mass is 390 g/mol. The van der Waals surface area contributed by atoms with Crippen molar-refractivity contribution in [3.8, 4) is 11.5 Å². The summed E-state index contributed by atoms with van der Waals surface area (Å²) >= 11 is 5.81. The highest BCUT2D eigenvalue weighted by atomic mass is 35.5. The average molecular weight is 391 g/mol. The topological polar surface area (TPSA) is 67.8 Å². The lowest BCUT2D eigenvalue weighted by atomic mass is 10.2. The molecule has 2 aromatic rings. The van der Waals surface area contributed by atoms with Crippen LogP contribution in [0, 0.1) is 0 Å². The smallest absolute Gasteiger partial charge is 0.191 e. The van der Waals surface area contributed by atoms with E-state index in [9.17, 15) is 0 Å². The molecule has 0 saturated carbocycles. The first-order valence-corrected chi connectivity index (χ1v) is 9.46. The van der Waals surface area contributed by atoms with Gasteiger partial charge in [0.15, 0.2) is 17.5 Å². The fourth-order valence-electron chi connectivity index (χ4n) is 2.48. The summed E-state index contributed by atoms with van der Waals surface area (Å²) in [6.45, 7) is 6.68. The molecule has 0 aliphatic rings. The van der Waals surface area contributed by atoms with Gasteiger partial charge in [0.05, 0.1) is 20.3 Å². The summed E-state index contributed by atoms with van der Waals surface area (Å²) in [6, 6.07) is 9.65. The Balaban J connectivity index is 1.94. The van der Waals surface area contributed by atoms with Gasteiger partial charge in [-0.25, -0.2) is 9.98 Å². The molecule has 0 aliphatic heterocycles. The van der Waals surface area contributed by atoms with Crippen LogP contribution in [-0.4, -0.2) is 37.7 Å². The van der Waals surface area contributed by atoms with E-state index >= 15 is 0 Å². The number of ether oxygens (including phenoxy) is 2. The number of aromatic nitrogens is 1. The molecule has 2 N–H and O–H groups in total. The number of halogens is 1. The Morgan fingerprint density at radius 3 is 2.59 bits per heavy atom. The molecule has 6 nitrogen and oxygen atoms in total. The Labute approximate surface area is 166 Å². The highest BCUT2D eigenvalue weighted by molar-refractivity contribution is 6.29. The maximum atomic E-state index is 5.81. The van der Waals surface area contributed by atoms with Crippen LogP contribution in [0.2, 0.25) is 5.15 Å². The second-order valence-electron chi connectivity index (χ2n) is 5.78. The molecule has 0 aliphatic carbocycles. The Morgan fingerprint density at radius 2 is 1.93 bits per heavy atom. The van der Waals surface area contributed by atoms with Crippen LogP contribution in [0.25, 0.3) is 0 Å². The second-order valence-corrected chi connectivity index (χ2v) is 6.17. The molecule has 0 atom stereocenters. The van der Waals surface area contributed by atoms with Crippen molar-refractivity contribution < 1.29 is 9.47 Å². The molecule has 0 spiro atoms. The summed E-state index contributed by atoms with van der Waals surface area (Å²) in [6.07, 6.45) is 2.63. The Bertz CT molecular complexity index is 735. The van der Waals surface area contributed by atoms with Crippen molar-refractivity contribution in [2.24, 2.45) is 4.99 Å². The van der Waals surface area contributed by atoms with Crippen LogP contribution in [-0.2, 0) is 13.0 Å². The van der Waals surface area contributed by atoms with Gasteiger partial charge in [0, 0.05) is 19.3 Å². The van der Waals surface area contributed by atoms with Crippen LogP contribution in [0.3, 0.4) is 0 Å². The number of guanidine groups is 1. The van der Waals surface area contributed by atoms with Gasteiger partial charge in [-0.2, -0.15) is 0 Å². The maximum Gasteiger partial charge on any atom is 0.191 e. The molecule has 7 heteroatoms. The van der Waals surface area contributed by atoms with Crippen LogP contribution < -0.4 is 20.1 Å². The fraction of sp³-hybridized carbons (Fsp3) is 0.400. The van der Waals surface area contributed by atoms with Gasteiger partial charge in [-0.3, -0.25) is 0 Å². The van der Waals surface area contributed by atoms with E-state index < -0.39 is 0 Å². The number of nitrogens with zero attached hydrogens (tertiary/aromatic N) is 2. The van der Waals surface area contributed by atoms with Gasteiger partial charge in [-0.1, -0.05) is 23.7 Å². The second kappa shape index (κ2) is 11.3. The molecule has 0 unspecified atom stereocenters. The average Bonchev–Trinajstić information content (AvgIpc) is 2.68. The lowest BCUT2D eigenvalue weighted by Gasteiger charge is -2.12. The van der Waals surface area contributed by atoms with Crippen LogP contribution in [0.4, 0.5) is 0 Å². The van der Waals surface area contributed by atoms with Crippen LogP contribution in [0.1, 0.15) is 25.0 Å². The van der Waals surface area contributed by atoms with Crippen LogP contribution in [0.5, 0.6) is 11.5 Å². The van der Waals surface area contributed by atoms with E-state index in [1.165, 1.54) is 0 Å². The number of methoxy groups -OCH3 is 1. The zero-order chi connectivity index (χ0) is 19.5. The third-order valence-corrected chi connectivity index (χ3v) is 4.01. The number of hydrogen-bond donors (Lipinski definition) is 2. The molecule has 0 saturated heterocycles. The molecule has 0 amide bonds. The normalized spacial score (nSPS) is 11.2. The minimum atomic E-state index is 0.507. The molecular formula is C20H27ClN4O2. The molecule has 1 aromatic heterocycles. The summed E-state index contributed by atoms with van der Waals surface area (Å²) in [7, 11) is 1.64. The predicted octanol–water partition coefficient (Wildman–Crippen LogP) is 3.44. The van der Waals surface area contributed by atoms with E-state index in [2.05, 4.69) is 20.6 Å². The lowest BCUT2D eigenvalue weighted by molar-refractivity contribution is 0.310. The van der Waals surface area contributed by atoms with Crippen molar-refractivity contribution in [1.29, 1.82) is 0 Å². The van der Waals surface area contributed by atoms with Gasteiger partial charge in [-0.05, 0) is 49.6 Å². The van der Waals surface area contributed by atoms with Crippen molar-refractivity contribution in [3.63, 3.8) is 0 Å². The van der Waals surface area contributed by atoms with Gasteiger partial charge in [-0.15, -0.1) is 0 Å². The van der Waals surface area contributed by atoms with E-state index in [1.54, 1.807) is 19.4 Å². The summed E-state index contributed by atoms with van der Waals surface area (Å²) in [5, 5.41) is 7.10. The molecule has 1 heterocycles. The van der Waals surface area contributed by atoms with E-state index in [1.807, 2.05) is 38.1 Å². The largest absolute Gasteiger partial charge is 0.493 e. The van der Waals surface area contributed by atoms with Gasteiger partial charge in [0.2, 0.25) is 0 Å². The number of nitrogens with one attached hydrogen (secondary N) is 2. The molecule has 0 fully saturated rings. The standard InChI is InChI=1S/C20H27ClN4O2/c1-4-22-20(23-11-10-15-7-9-19(21)24-13-15)25-14-16-6-8-17(27-5-2)18(12-16)26-3/h6-9,12-13H,4-5,10-11,14H2,1-3H3,(H2,22,23,25). The van der Waals surface area contributed by atoms with Gasteiger partial charge in [0.1, 0.15) is 5.15 Å². The molecular weight excluding hydrogens is 364 g/mol. The number of pyridine rings is 1. The SMILES string of the molecule is CCNC(=NCc1ccc(OCC)c(OC)c1)NCCc1ccc(Cl)nc1. The maximum absolute atomic E-state index is 5.81. The zero-order valence-corrected chi connectivity index (χ0v) is 16.8. The highest BCUT2D eigenvalue weighted by Crippen LogP contribution is 2.28. The van der Waals surface area contributed by atoms with Crippen molar-refractivity contribution >= 4 is 17.6 Å². The third kappa shape index (κ3) is 6.98. The van der Waals surface area contributed by atoms with Crippen molar-refractivity contribution in [1.82, 2.24) is 15.6 Å². The zero-order valence-electron chi connectivity index (χ0n) is 16.1. The molecule has 27 heavy (non-hydrogen) atoms. The van der Waals surface area contributed by atoms with Crippen LogP contribution >= 0.6 is 11.6 Å². The van der Waals surface area contributed by atoms with Gasteiger partial charge in [0.25, 0.3) is 0 Å². The highest BCUT2D eigenvalue weighted by Gasteiger charge is 2.05. The van der Waals surface area contributed by atoms with Crippen LogP contribution in [0.15, 0.2) is 41.5 Å². The Kier molecular flexibility index (Phi) is 8.71. The molecule has 0 bridgehead atoms. The van der Waals surface area contributed by atoms with Gasteiger partial charge < -0.3 is 20.1 Å². The summed E-state index contributed by atoms with van der Waals surface area (Å²) < 4.78 is 10.9. The molecule has 2 rings (SSSR count). The summed E-state index contributed by atoms with van der Waals surface area (Å²) in [5.74, 6) is 2.24. The quantitative estimate of drug-likeness (QED) is 0.390. The van der Waals surface area contributed by atoms with E-state index in [-0.39, 0.29) is 0 Å². The number of aliphatic imine (C=N–C) groups is 1. The number of benzene rings is 1. The lowest BCUT2D eigenvalue weighted by Crippen LogP contribution is -2.38. The van der Waals surface area contributed by atoms with Crippen molar-refractivity contribution in [2.45, 2.75) is 26.8 Å². The summed E-state index contributed by atoms with van der Waals surface area (Å²) in [4.78, 5) is 8.74. The van der Waals surface area contributed by atoms with E-state index in [0.29, 0.717) is 18.3 Å². The first-order chi connectivity index (χ1) is 13.2. The first-order valence-electron chi connectivity index (χ1n) is 9.08. The van der Waals surface area contributed by atoms with Crippen molar-refractivity contribution in [3.05, 3.63) is 52.8 Å². The molecule has 1 aromatic carbocycles. The fourth-order valence-corrected chi connectivity index (χ4v) is 2.59. The summed E-state index contributed by atoms with van der Waals surface area (Å²) in [5.41, 5.74) is 2.17. The number of rotatable bonds is 9. The van der Waals surface area contributed by atoms with E-state index in [4.69, 9.17) is 21.1 Å². The van der Waals surface area contributed by atoms with Gasteiger partial charge >= 0.3 is 0 Å². The van der Waals surface area contributed by atoms with Crippen molar-refractivity contribution in [2.75, 3.05) is 26.8 Å². The molecule has 0 radical (unpaired) electrons. The Hall–Kier alpha value is -2.47.